The topological polar surface area (TPSA) is 125 Å². The van der Waals surface area contributed by atoms with Gasteiger partial charge in [-0.2, -0.15) is 0 Å². The molecule has 1 aliphatic rings. The molecule has 28 heavy (non-hydrogen) atoms. The Morgan fingerprint density at radius 1 is 1.21 bits per heavy atom. The Balaban J connectivity index is 2.88. The molecule has 5 atom stereocenters. The molecule has 1 aliphatic heterocycles. The van der Waals surface area contributed by atoms with Gasteiger partial charge in [0.25, 0.3) is 5.56 Å². The van der Waals surface area contributed by atoms with E-state index in [1.165, 1.54) is 16.8 Å². The van der Waals surface area contributed by atoms with Crippen LogP contribution in [-0.2, 0) is 10.1 Å². The van der Waals surface area contributed by atoms with E-state index in [2.05, 4.69) is 4.98 Å². The molecule has 0 radical (unpaired) electrons. The number of aliphatic hydroxyl groups is 3. The van der Waals surface area contributed by atoms with Crippen molar-refractivity contribution in [3.8, 4) is 0 Å². The molecule has 0 bridgehead atoms. The summed E-state index contributed by atoms with van der Waals surface area (Å²) < 4.78 is 7.50. The van der Waals surface area contributed by atoms with Gasteiger partial charge in [0.05, 0.1) is 6.10 Å². The minimum Gasteiger partial charge on any atom is -0.390 e. The fourth-order valence-corrected chi connectivity index (χ4v) is 6.97. The number of nitrogens with zero attached hydrogens (tertiary/aromatic N) is 1. The monoisotopic (exact) mass is 414 g/mol. The first-order valence-corrected chi connectivity index (χ1v) is 12.5. The van der Waals surface area contributed by atoms with Gasteiger partial charge in [-0.1, -0.05) is 54.6 Å². The van der Waals surface area contributed by atoms with E-state index in [9.17, 15) is 24.9 Å². The molecule has 0 aromatic carbocycles. The summed E-state index contributed by atoms with van der Waals surface area (Å²) in [6, 6.07) is 1.19. The lowest BCUT2D eigenvalue weighted by molar-refractivity contribution is -0.199. The smallest absolute Gasteiger partial charge is 0.330 e. The van der Waals surface area contributed by atoms with E-state index in [0.717, 1.165) is 0 Å². The molecule has 1 aromatic heterocycles. The second kappa shape index (κ2) is 6.91. The highest BCUT2D eigenvalue weighted by atomic mass is 28.3. The van der Waals surface area contributed by atoms with Crippen molar-refractivity contribution in [1.29, 1.82) is 0 Å². The van der Waals surface area contributed by atoms with Crippen LogP contribution >= 0.6 is 0 Å². The van der Waals surface area contributed by atoms with Crippen LogP contribution in [0.3, 0.4) is 0 Å². The molecule has 9 heteroatoms. The highest BCUT2D eigenvalue weighted by Crippen LogP contribution is 2.55. The van der Waals surface area contributed by atoms with Crippen molar-refractivity contribution < 1.29 is 20.1 Å². The van der Waals surface area contributed by atoms with Gasteiger partial charge in [0.1, 0.15) is 26.6 Å². The summed E-state index contributed by atoms with van der Waals surface area (Å²) in [5.74, 6) is 0. The Kier molecular flexibility index (Phi) is 5.68. The Hall–Kier alpha value is -1.26. The quantitative estimate of drug-likeness (QED) is 0.522. The second-order valence-corrected chi connectivity index (χ2v) is 13.3. The lowest BCUT2D eigenvalue weighted by Crippen LogP contribution is -2.71. The van der Waals surface area contributed by atoms with E-state index in [1.807, 2.05) is 33.9 Å². The minimum absolute atomic E-state index is 0.564. The molecule has 0 saturated carbocycles. The molecule has 4 N–H and O–H groups in total. The van der Waals surface area contributed by atoms with E-state index < -0.39 is 60.1 Å². The Labute approximate surface area is 166 Å². The summed E-state index contributed by atoms with van der Waals surface area (Å²) >= 11 is 0. The molecular weight excluding hydrogens is 380 g/mol. The predicted molar refractivity (Wildman–Crippen MR) is 109 cm³/mol. The van der Waals surface area contributed by atoms with Gasteiger partial charge in [-0.15, -0.1) is 0 Å². The highest BCUT2D eigenvalue weighted by Gasteiger charge is 2.73. The standard InChI is InChI=1S/C19H34N2O6Si/c1-16(2,3)13(23)12-14(24)18(26,17(4,5)6)19(27-12,28(7)8)21-10-9-11(22)20-15(21)25/h9-10,12-14,23-24,26,28H,1-8H3,(H,20,22,25)/t12-,13?,14-,18+,19+/m1/s1. The number of rotatable bonds is 3. The van der Waals surface area contributed by atoms with E-state index >= 15 is 0 Å². The van der Waals surface area contributed by atoms with Gasteiger partial charge in [0.15, 0.2) is 5.35 Å². The van der Waals surface area contributed by atoms with Crippen LogP contribution in [0.4, 0.5) is 0 Å². The molecule has 1 unspecified atom stereocenters. The summed E-state index contributed by atoms with van der Waals surface area (Å²) in [6.45, 7) is 14.5. The predicted octanol–water partition coefficient (Wildman–Crippen LogP) is 0.159. The summed E-state index contributed by atoms with van der Waals surface area (Å²) in [5, 5.41) is 32.6. The van der Waals surface area contributed by atoms with Gasteiger partial charge in [-0.05, 0) is 10.8 Å². The zero-order chi connectivity index (χ0) is 21.9. The number of hydrogen-bond donors (Lipinski definition) is 4. The molecule has 1 saturated heterocycles. The summed E-state index contributed by atoms with van der Waals surface area (Å²) in [5.41, 5.74) is -4.72. The van der Waals surface area contributed by atoms with Crippen molar-refractivity contribution in [2.45, 2.75) is 83.9 Å². The molecule has 1 fully saturated rings. The van der Waals surface area contributed by atoms with Crippen LogP contribution in [0, 0.1) is 10.8 Å². The molecule has 0 aliphatic carbocycles. The van der Waals surface area contributed by atoms with Crippen LogP contribution < -0.4 is 11.2 Å². The molecule has 0 spiro atoms. The van der Waals surface area contributed by atoms with Crippen molar-refractivity contribution in [2.75, 3.05) is 0 Å². The maximum atomic E-state index is 12.7. The molecule has 2 rings (SSSR count). The van der Waals surface area contributed by atoms with E-state index in [1.54, 1.807) is 20.8 Å². The van der Waals surface area contributed by atoms with Crippen molar-refractivity contribution in [1.82, 2.24) is 9.55 Å². The fourth-order valence-electron chi connectivity index (χ4n) is 4.30. The average molecular weight is 415 g/mol. The Morgan fingerprint density at radius 3 is 2.14 bits per heavy atom. The first kappa shape index (κ1) is 23.0. The SMILES string of the molecule is C[SiH](C)[C@@]1(n2ccc(=O)[nH]c2=O)O[C@H](C(O)C(C)(C)C)[C@@H](O)[C@]1(O)C(C)(C)C. The summed E-state index contributed by atoms with van der Waals surface area (Å²) in [7, 11) is -2.13. The summed E-state index contributed by atoms with van der Waals surface area (Å²) in [6.07, 6.45) is -2.36. The average Bonchev–Trinajstić information content (AvgIpc) is 2.76. The fraction of sp³-hybridized carbons (Fsp3) is 0.789. The van der Waals surface area contributed by atoms with Gasteiger partial charge in [-0.3, -0.25) is 14.3 Å². The molecular formula is C19H34N2O6Si. The number of hydrogen-bond acceptors (Lipinski definition) is 6. The number of aromatic nitrogens is 2. The molecule has 8 nitrogen and oxygen atoms in total. The molecule has 160 valence electrons. The van der Waals surface area contributed by atoms with E-state index in [-0.39, 0.29) is 0 Å². The maximum Gasteiger partial charge on any atom is 0.330 e. The zero-order valence-electron chi connectivity index (χ0n) is 18.0. The lowest BCUT2D eigenvalue weighted by Gasteiger charge is -2.51. The van der Waals surface area contributed by atoms with E-state index in [4.69, 9.17) is 4.74 Å². The van der Waals surface area contributed by atoms with Crippen molar-refractivity contribution in [3.63, 3.8) is 0 Å². The number of ether oxygens (including phenoxy) is 1. The lowest BCUT2D eigenvalue weighted by atomic mass is 9.70. The second-order valence-electron chi connectivity index (χ2n) is 10.2. The minimum atomic E-state index is -2.13. The van der Waals surface area contributed by atoms with Crippen LogP contribution in [0.15, 0.2) is 21.9 Å². The van der Waals surface area contributed by atoms with Crippen molar-refractivity contribution >= 4 is 8.80 Å². The van der Waals surface area contributed by atoms with E-state index in [0.29, 0.717) is 0 Å². The number of nitrogens with one attached hydrogen (secondary N) is 1. The first-order valence-electron chi connectivity index (χ1n) is 9.60. The van der Waals surface area contributed by atoms with Crippen molar-refractivity contribution in [3.05, 3.63) is 33.1 Å². The van der Waals surface area contributed by atoms with Crippen LogP contribution in [0.25, 0.3) is 0 Å². The van der Waals surface area contributed by atoms with Gasteiger partial charge in [0.2, 0.25) is 0 Å². The van der Waals surface area contributed by atoms with Crippen LogP contribution in [0.5, 0.6) is 0 Å². The van der Waals surface area contributed by atoms with Gasteiger partial charge < -0.3 is 20.1 Å². The third kappa shape index (κ3) is 3.13. The third-order valence-electron chi connectivity index (χ3n) is 5.91. The summed E-state index contributed by atoms with van der Waals surface area (Å²) in [4.78, 5) is 26.5. The third-order valence-corrected chi connectivity index (χ3v) is 8.33. The molecule has 0 amide bonds. The van der Waals surface area contributed by atoms with Crippen molar-refractivity contribution in [2.24, 2.45) is 10.8 Å². The highest BCUT2D eigenvalue weighted by molar-refractivity contribution is 6.58. The normalized spacial score (nSPS) is 32.7. The maximum absolute atomic E-state index is 12.7. The first-order chi connectivity index (χ1) is 12.5. The Morgan fingerprint density at radius 2 is 1.75 bits per heavy atom. The van der Waals surface area contributed by atoms with Crippen LogP contribution in [0.1, 0.15) is 41.5 Å². The van der Waals surface area contributed by atoms with Gasteiger partial charge >= 0.3 is 5.69 Å². The van der Waals surface area contributed by atoms with Crippen LogP contribution in [0.2, 0.25) is 13.1 Å². The Bertz CT molecular complexity index is 836. The number of aliphatic hydroxyl groups excluding tert-OH is 2. The van der Waals surface area contributed by atoms with Gasteiger partial charge in [0, 0.05) is 12.3 Å². The molecule has 2 heterocycles. The zero-order valence-corrected chi connectivity index (χ0v) is 19.1. The largest absolute Gasteiger partial charge is 0.390 e. The molecule has 1 aromatic rings. The number of aromatic amines is 1. The van der Waals surface area contributed by atoms with Gasteiger partial charge in [-0.25, -0.2) is 4.79 Å². The number of H-pyrrole nitrogens is 1. The van der Waals surface area contributed by atoms with Crippen LogP contribution in [-0.4, -0.2) is 57.6 Å².